The number of aliphatic hydroxyl groups excluding tert-OH is 1. The van der Waals surface area contributed by atoms with Gasteiger partial charge >= 0.3 is 0 Å². The van der Waals surface area contributed by atoms with Gasteiger partial charge < -0.3 is 9.67 Å². The molecule has 0 aliphatic carbocycles. The van der Waals surface area contributed by atoms with E-state index in [-0.39, 0.29) is 28.8 Å². The number of rotatable bonds is 3. The first-order valence-electron chi connectivity index (χ1n) is 5.27. The summed E-state index contributed by atoms with van der Waals surface area (Å²) in [6.45, 7) is -0.0540. The average molecular weight is 285 g/mol. The fourth-order valence-electron chi connectivity index (χ4n) is 1.89. The van der Waals surface area contributed by atoms with Crippen molar-refractivity contribution < 1.29 is 5.11 Å². The number of hydrogen-bond donors (Lipinski definition) is 2. The summed E-state index contributed by atoms with van der Waals surface area (Å²) in [6.07, 6.45) is 2.20. The summed E-state index contributed by atoms with van der Waals surface area (Å²) in [4.78, 5) is 16.4. The van der Waals surface area contributed by atoms with Crippen LogP contribution in [-0.4, -0.2) is 32.6 Å². The summed E-state index contributed by atoms with van der Waals surface area (Å²) in [7, 11) is 0. The largest absolute Gasteiger partial charge is 0.395 e. The third-order valence-corrected chi connectivity index (χ3v) is 4.60. The molecule has 0 saturated carbocycles. The zero-order chi connectivity index (χ0) is 13.1. The van der Waals surface area contributed by atoms with Crippen LogP contribution in [0.5, 0.6) is 0 Å². The molecule has 0 aromatic carbocycles. The number of H-pyrrole nitrogens is 1. The van der Waals surface area contributed by atoms with E-state index in [0.717, 1.165) is 0 Å². The van der Waals surface area contributed by atoms with Crippen molar-refractivity contribution in [3.05, 3.63) is 37.8 Å². The topological polar surface area (TPSA) is 107 Å². The molecule has 0 spiro atoms. The highest BCUT2D eigenvalue weighted by atomic mass is 32.2. The van der Waals surface area contributed by atoms with Crippen LogP contribution in [0.4, 0.5) is 0 Å². The lowest BCUT2D eigenvalue weighted by atomic mass is 10.1. The van der Waals surface area contributed by atoms with Gasteiger partial charge in [-0.05, 0) is 24.2 Å². The fraction of sp³-hybridized carbons (Fsp3) is 0.556. The second-order valence-corrected chi connectivity index (χ2v) is 5.65. The number of hydrogen-bond acceptors (Lipinski definition) is 5. The molecule has 0 bridgehead atoms. The molecule has 2 N–H and O–H groups in total. The van der Waals surface area contributed by atoms with Crippen molar-refractivity contribution in [3.63, 3.8) is 0 Å². The molecule has 7 nitrogen and oxygen atoms in total. The smallest absolute Gasteiger partial charge is 0.251 e. The summed E-state index contributed by atoms with van der Waals surface area (Å²) < 4.78 is 2.08. The Morgan fingerprint density at radius 3 is 3.17 bits per heavy atom. The number of thioether (sulfide) groups is 1. The van der Waals surface area contributed by atoms with Gasteiger partial charge in [-0.15, -0.1) is 11.8 Å². The van der Waals surface area contributed by atoms with Crippen molar-refractivity contribution in [3.8, 4) is 0 Å². The van der Waals surface area contributed by atoms with Gasteiger partial charge in [0, 0.05) is 22.4 Å². The molecule has 2 heterocycles. The molecule has 0 radical (unpaired) electrons. The molecule has 3 atom stereocenters. The second kappa shape index (κ2) is 5.57. The summed E-state index contributed by atoms with van der Waals surface area (Å²) in [5.41, 5.74) is 8.23. The van der Waals surface area contributed by atoms with Crippen molar-refractivity contribution in [2.75, 3.05) is 6.61 Å². The van der Waals surface area contributed by atoms with Crippen molar-refractivity contribution >= 4 is 24.0 Å². The monoisotopic (exact) mass is 285 g/mol. The zero-order valence-electron chi connectivity index (χ0n) is 9.26. The maximum atomic E-state index is 11.1. The van der Waals surface area contributed by atoms with Crippen LogP contribution in [0.1, 0.15) is 11.8 Å². The van der Waals surface area contributed by atoms with E-state index in [1.807, 2.05) is 0 Å². The first kappa shape index (κ1) is 13.2. The van der Waals surface area contributed by atoms with Gasteiger partial charge in [-0.25, -0.2) is 0 Å². The molecule has 96 valence electrons. The van der Waals surface area contributed by atoms with Crippen molar-refractivity contribution in [1.29, 1.82) is 0 Å². The average Bonchev–Trinajstić information content (AvgIpc) is 2.72. The first-order chi connectivity index (χ1) is 8.65. The molecule has 1 aliphatic heterocycles. The highest BCUT2D eigenvalue weighted by Gasteiger charge is 2.34. The van der Waals surface area contributed by atoms with Crippen molar-refractivity contribution in [2.45, 2.75) is 23.1 Å². The Balaban J connectivity index is 2.28. The van der Waals surface area contributed by atoms with Gasteiger partial charge in [0.2, 0.25) is 0 Å². The van der Waals surface area contributed by atoms with E-state index < -0.39 is 0 Å². The van der Waals surface area contributed by atoms with Crippen molar-refractivity contribution in [2.24, 2.45) is 5.11 Å². The van der Waals surface area contributed by atoms with Gasteiger partial charge in [-0.1, -0.05) is 5.11 Å². The van der Waals surface area contributed by atoms with Gasteiger partial charge in [0.15, 0.2) is 4.77 Å². The molecular weight excluding hydrogens is 274 g/mol. The summed E-state index contributed by atoms with van der Waals surface area (Å²) in [5, 5.41) is 12.7. The molecule has 2 rings (SSSR count). The molecule has 1 aromatic heterocycles. The standard InChI is InChI=1S/C9H11N5O2S2/c10-13-12-5-3-8(18-6(5)4-15)14-2-1-7(16)11-9(14)17/h1-2,5-6,8,15H,3-4H2,(H,11,16,17)/t5-,6+,8+/m0/s1. The Hall–Kier alpha value is -1.28. The van der Waals surface area contributed by atoms with Gasteiger partial charge in [0.25, 0.3) is 5.56 Å². The van der Waals surface area contributed by atoms with Crippen LogP contribution in [-0.2, 0) is 0 Å². The maximum Gasteiger partial charge on any atom is 0.251 e. The van der Waals surface area contributed by atoms with Crippen LogP contribution in [0.15, 0.2) is 22.2 Å². The van der Waals surface area contributed by atoms with Gasteiger partial charge in [-0.2, -0.15) is 0 Å². The van der Waals surface area contributed by atoms with Crippen LogP contribution in [0.2, 0.25) is 0 Å². The van der Waals surface area contributed by atoms with Crippen LogP contribution in [0.3, 0.4) is 0 Å². The first-order valence-corrected chi connectivity index (χ1v) is 6.63. The number of nitrogens with one attached hydrogen (secondary N) is 1. The fourth-order valence-corrected chi connectivity index (χ4v) is 3.70. The van der Waals surface area contributed by atoms with Crippen LogP contribution in [0.25, 0.3) is 10.4 Å². The number of aliphatic hydroxyl groups is 1. The van der Waals surface area contributed by atoms with E-state index in [4.69, 9.17) is 17.7 Å². The van der Waals surface area contributed by atoms with Crippen LogP contribution < -0.4 is 5.56 Å². The number of azide groups is 1. The Bertz CT molecular complexity index is 591. The Morgan fingerprint density at radius 2 is 2.56 bits per heavy atom. The lowest BCUT2D eigenvalue weighted by Gasteiger charge is -2.13. The third-order valence-electron chi connectivity index (χ3n) is 2.75. The van der Waals surface area contributed by atoms with Gasteiger partial charge in [0.1, 0.15) is 0 Å². The Morgan fingerprint density at radius 1 is 1.78 bits per heavy atom. The summed E-state index contributed by atoms with van der Waals surface area (Å²) >= 11 is 6.57. The number of nitrogens with zero attached hydrogens (tertiary/aromatic N) is 4. The molecule has 1 fully saturated rings. The molecular formula is C9H11N5O2S2. The Labute approximate surface area is 111 Å². The molecule has 18 heavy (non-hydrogen) atoms. The number of aromatic nitrogens is 2. The minimum absolute atomic E-state index is 0.0398. The SMILES string of the molecule is [N-]=[N+]=N[C@H]1C[C@H](n2ccc(=O)[nH]c2=S)S[C@@H]1CO. The molecule has 0 amide bonds. The van der Waals surface area contributed by atoms with Gasteiger partial charge in [-0.3, -0.25) is 9.78 Å². The summed E-state index contributed by atoms with van der Waals surface area (Å²) in [5.74, 6) is 0. The van der Waals surface area contributed by atoms with E-state index >= 15 is 0 Å². The van der Waals surface area contributed by atoms with E-state index in [0.29, 0.717) is 11.2 Å². The molecule has 1 aromatic rings. The second-order valence-electron chi connectivity index (χ2n) is 3.84. The van der Waals surface area contributed by atoms with Crippen LogP contribution in [0, 0.1) is 4.77 Å². The van der Waals surface area contributed by atoms with Crippen molar-refractivity contribution in [1.82, 2.24) is 9.55 Å². The lowest BCUT2D eigenvalue weighted by molar-refractivity contribution is 0.283. The Kier molecular flexibility index (Phi) is 4.07. The third kappa shape index (κ3) is 2.59. The zero-order valence-corrected chi connectivity index (χ0v) is 10.9. The van der Waals surface area contributed by atoms with E-state index in [9.17, 15) is 9.90 Å². The summed E-state index contributed by atoms with van der Waals surface area (Å²) in [6, 6.07) is 1.13. The minimum atomic E-state index is -0.260. The predicted molar refractivity (Wildman–Crippen MR) is 70.9 cm³/mol. The molecule has 1 aliphatic rings. The van der Waals surface area contributed by atoms with E-state index in [2.05, 4.69) is 15.0 Å². The van der Waals surface area contributed by atoms with Gasteiger partial charge in [0.05, 0.1) is 18.0 Å². The van der Waals surface area contributed by atoms with E-state index in [1.54, 1.807) is 10.8 Å². The minimum Gasteiger partial charge on any atom is -0.395 e. The normalized spacial score (nSPS) is 26.8. The molecule has 0 unspecified atom stereocenters. The lowest BCUT2D eigenvalue weighted by Crippen LogP contribution is -2.18. The number of aromatic amines is 1. The van der Waals surface area contributed by atoms with Crippen LogP contribution >= 0.6 is 24.0 Å². The quantitative estimate of drug-likeness (QED) is 0.380. The van der Waals surface area contributed by atoms with E-state index in [1.165, 1.54) is 17.8 Å². The maximum absolute atomic E-state index is 11.1. The molecule has 9 heteroatoms. The highest BCUT2D eigenvalue weighted by Crippen LogP contribution is 2.42. The highest BCUT2D eigenvalue weighted by molar-refractivity contribution is 8.00. The molecule has 1 saturated heterocycles. The predicted octanol–water partition coefficient (Wildman–Crippen LogP) is 1.58.